The molecule has 0 saturated carbocycles. The Balaban J connectivity index is 2.57. The molecule has 3 N–H and O–H groups in total. The number of nitrogens with one attached hydrogen (secondary N) is 1. The number of hydrogen-bond donors (Lipinski definition) is 2. The van der Waals surface area contributed by atoms with E-state index in [2.05, 4.69) is 25.2 Å². The zero-order chi connectivity index (χ0) is 12.1. The Kier molecular flexibility index (Phi) is 5.10. The van der Waals surface area contributed by atoms with Crippen molar-refractivity contribution in [1.29, 1.82) is 0 Å². The molecule has 1 rings (SSSR count). The zero-order valence-corrected chi connectivity index (χ0v) is 11.0. The van der Waals surface area contributed by atoms with Crippen LogP contribution in [0, 0.1) is 18.8 Å². The van der Waals surface area contributed by atoms with Gasteiger partial charge in [0.05, 0.1) is 0 Å². The quantitative estimate of drug-likeness (QED) is 0.829. The number of halogens is 1. The van der Waals surface area contributed by atoms with Gasteiger partial charge < -0.3 is 11.1 Å². The van der Waals surface area contributed by atoms with Crippen molar-refractivity contribution >= 4 is 17.3 Å². The van der Waals surface area contributed by atoms with Crippen molar-refractivity contribution in [3.05, 3.63) is 28.8 Å². The first-order valence-electron chi connectivity index (χ1n) is 5.74. The number of hydrogen-bond acceptors (Lipinski definition) is 2. The summed E-state index contributed by atoms with van der Waals surface area (Å²) in [5.74, 6) is 1.10. The summed E-state index contributed by atoms with van der Waals surface area (Å²) in [6, 6.07) is 6.04. The molecule has 0 amide bonds. The van der Waals surface area contributed by atoms with Crippen molar-refractivity contribution in [2.75, 3.05) is 18.4 Å². The maximum Gasteiger partial charge on any atom is 0.0455 e. The Hall–Kier alpha value is -0.730. The lowest BCUT2D eigenvalue weighted by Crippen LogP contribution is -2.27. The van der Waals surface area contributed by atoms with Gasteiger partial charge in [-0.15, -0.1) is 0 Å². The molecule has 0 saturated heterocycles. The first-order valence-corrected chi connectivity index (χ1v) is 6.12. The van der Waals surface area contributed by atoms with E-state index in [9.17, 15) is 0 Å². The molecule has 0 aliphatic heterocycles. The van der Waals surface area contributed by atoms with Crippen molar-refractivity contribution in [3.8, 4) is 0 Å². The molecular formula is C13H21ClN2. The standard InChI is InChI=1S/C13H21ClN2/c1-9(2)11(7-15)8-16-12-5-4-10(3)13(14)6-12/h4-6,9,11,16H,7-8,15H2,1-3H3. The second kappa shape index (κ2) is 6.12. The molecule has 0 radical (unpaired) electrons. The van der Waals surface area contributed by atoms with Crippen molar-refractivity contribution in [2.24, 2.45) is 17.6 Å². The largest absolute Gasteiger partial charge is 0.385 e. The SMILES string of the molecule is Cc1ccc(NCC(CN)C(C)C)cc1Cl. The van der Waals surface area contributed by atoms with E-state index in [0.29, 0.717) is 18.4 Å². The maximum absolute atomic E-state index is 6.06. The highest BCUT2D eigenvalue weighted by molar-refractivity contribution is 6.31. The summed E-state index contributed by atoms with van der Waals surface area (Å²) in [5.41, 5.74) is 7.89. The smallest absolute Gasteiger partial charge is 0.0455 e. The molecule has 0 bridgehead atoms. The van der Waals surface area contributed by atoms with Crippen LogP contribution >= 0.6 is 11.6 Å². The number of benzene rings is 1. The van der Waals surface area contributed by atoms with E-state index in [1.807, 2.05) is 19.1 Å². The number of nitrogens with two attached hydrogens (primary N) is 1. The maximum atomic E-state index is 6.06. The highest BCUT2D eigenvalue weighted by atomic mass is 35.5. The van der Waals surface area contributed by atoms with E-state index >= 15 is 0 Å². The monoisotopic (exact) mass is 240 g/mol. The van der Waals surface area contributed by atoms with Gasteiger partial charge in [-0.2, -0.15) is 0 Å². The van der Waals surface area contributed by atoms with E-state index < -0.39 is 0 Å². The fourth-order valence-corrected chi connectivity index (χ4v) is 1.72. The third kappa shape index (κ3) is 3.69. The van der Waals surface area contributed by atoms with Gasteiger partial charge in [-0.25, -0.2) is 0 Å². The third-order valence-corrected chi connectivity index (χ3v) is 3.39. The van der Waals surface area contributed by atoms with Crippen LogP contribution in [0.3, 0.4) is 0 Å². The van der Waals surface area contributed by atoms with E-state index in [1.165, 1.54) is 0 Å². The van der Waals surface area contributed by atoms with Gasteiger partial charge in [-0.05, 0) is 43.0 Å². The molecule has 0 aromatic heterocycles. The van der Waals surface area contributed by atoms with Crippen LogP contribution in [-0.4, -0.2) is 13.1 Å². The van der Waals surface area contributed by atoms with Gasteiger partial charge >= 0.3 is 0 Å². The topological polar surface area (TPSA) is 38.0 Å². The minimum Gasteiger partial charge on any atom is -0.385 e. The van der Waals surface area contributed by atoms with Gasteiger partial charge in [0.15, 0.2) is 0 Å². The zero-order valence-electron chi connectivity index (χ0n) is 10.3. The van der Waals surface area contributed by atoms with Crippen molar-refractivity contribution < 1.29 is 0 Å². The summed E-state index contributed by atoms with van der Waals surface area (Å²) in [5, 5.41) is 4.19. The molecule has 16 heavy (non-hydrogen) atoms. The first-order chi connectivity index (χ1) is 7.54. The van der Waals surface area contributed by atoms with Gasteiger partial charge in [0.25, 0.3) is 0 Å². The van der Waals surface area contributed by atoms with Gasteiger partial charge in [0, 0.05) is 17.3 Å². The summed E-state index contributed by atoms with van der Waals surface area (Å²) >= 11 is 6.06. The fraction of sp³-hybridized carbons (Fsp3) is 0.538. The lowest BCUT2D eigenvalue weighted by molar-refractivity contribution is 0.413. The van der Waals surface area contributed by atoms with Gasteiger partial charge in [0.1, 0.15) is 0 Å². The Morgan fingerprint density at radius 1 is 1.38 bits per heavy atom. The summed E-state index contributed by atoms with van der Waals surface area (Å²) in [7, 11) is 0. The predicted molar refractivity (Wildman–Crippen MR) is 72.1 cm³/mol. The van der Waals surface area contributed by atoms with Crippen LogP contribution in [0.5, 0.6) is 0 Å². The molecule has 0 aliphatic carbocycles. The van der Waals surface area contributed by atoms with E-state index in [4.69, 9.17) is 17.3 Å². The summed E-state index contributed by atoms with van der Waals surface area (Å²) in [4.78, 5) is 0. The van der Waals surface area contributed by atoms with Crippen molar-refractivity contribution in [1.82, 2.24) is 0 Å². The third-order valence-electron chi connectivity index (χ3n) is 2.99. The molecule has 3 heteroatoms. The summed E-state index contributed by atoms with van der Waals surface area (Å²) < 4.78 is 0. The number of aryl methyl sites for hydroxylation is 1. The number of rotatable bonds is 5. The Morgan fingerprint density at radius 2 is 2.06 bits per heavy atom. The minimum absolute atomic E-state index is 0.500. The van der Waals surface area contributed by atoms with Gasteiger partial charge in [-0.3, -0.25) is 0 Å². The highest BCUT2D eigenvalue weighted by Gasteiger charge is 2.10. The molecule has 1 atom stereocenters. The average Bonchev–Trinajstić information content (AvgIpc) is 2.23. The Labute approximate surface area is 103 Å². The Bertz CT molecular complexity index is 337. The van der Waals surface area contributed by atoms with E-state index in [-0.39, 0.29) is 0 Å². The van der Waals surface area contributed by atoms with Crippen LogP contribution in [-0.2, 0) is 0 Å². The summed E-state index contributed by atoms with van der Waals surface area (Å²) in [6.45, 7) is 8.00. The molecule has 2 nitrogen and oxygen atoms in total. The fourth-order valence-electron chi connectivity index (χ4n) is 1.54. The van der Waals surface area contributed by atoms with Crippen LogP contribution in [0.2, 0.25) is 5.02 Å². The predicted octanol–water partition coefficient (Wildman–Crippen LogP) is 3.29. The molecular weight excluding hydrogens is 220 g/mol. The van der Waals surface area contributed by atoms with E-state index in [1.54, 1.807) is 0 Å². The second-order valence-corrected chi connectivity index (χ2v) is 4.99. The lowest BCUT2D eigenvalue weighted by Gasteiger charge is -2.20. The molecule has 0 aliphatic rings. The van der Waals surface area contributed by atoms with Crippen LogP contribution < -0.4 is 11.1 Å². The average molecular weight is 241 g/mol. The lowest BCUT2D eigenvalue weighted by atomic mass is 9.96. The molecule has 90 valence electrons. The minimum atomic E-state index is 0.500. The van der Waals surface area contributed by atoms with Crippen molar-refractivity contribution in [3.63, 3.8) is 0 Å². The Morgan fingerprint density at radius 3 is 2.56 bits per heavy atom. The molecule has 1 aromatic rings. The van der Waals surface area contributed by atoms with Gasteiger partial charge in [-0.1, -0.05) is 31.5 Å². The molecule has 1 aromatic carbocycles. The highest BCUT2D eigenvalue weighted by Crippen LogP contribution is 2.20. The molecule has 1 unspecified atom stereocenters. The van der Waals surface area contributed by atoms with Crippen LogP contribution in [0.1, 0.15) is 19.4 Å². The van der Waals surface area contributed by atoms with Crippen LogP contribution in [0.25, 0.3) is 0 Å². The normalized spacial score (nSPS) is 12.9. The molecule has 0 spiro atoms. The second-order valence-electron chi connectivity index (χ2n) is 4.58. The van der Waals surface area contributed by atoms with Crippen LogP contribution in [0.15, 0.2) is 18.2 Å². The van der Waals surface area contributed by atoms with Crippen molar-refractivity contribution in [2.45, 2.75) is 20.8 Å². The van der Waals surface area contributed by atoms with Gasteiger partial charge in [0.2, 0.25) is 0 Å². The molecule has 0 fully saturated rings. The molecule has 0 heterocycles. The number of anilines is 1. The van der Waals surface area contributed by atoms with Crippen LogP contribution in [0.4, 0.5) is 5.69 Å². The van der Waals surface area contributed by atoms with E-state index in [0.717, 1.165) is 22.8 Å². The first kappa shape index (κ1) is 13.3. The summed E-state index contributed by atoms with van der Waals surface area (Å²) in [6.07, 6.45) is 0.